The van der Waals surface area contributed by atoms with Crippen molar-refractivity contribution in [2.24, 2.45) is 5.41 Å². The molecular formula is C12H21BrO2. The second-order valence-corrected chi connectivity index (χ2v) is 6.44. The Morgan fingerprint density at radius 2 is 2.20 bits per heavy atom. The Hall–Kier alpha value is 0.400. The highest BCUT2D eigenvalue weighted by Gasteiger charge is 2.47. The Morgan fingerprint density at radius 1 is 1.40 bits per heavy atom. The van der Waals surface area contributed by atoms with Crippen LogP contribution in [0.1, 0.15) is 39.5 Å². The topological polar surface area (TPSA) is 18.5 Å². The second-order valence-electron chi connectivity index (χ2n) is 5.34. The van der Waals surface area contributed by atoms with Gasteiger partial charge >= 0.3 is 0 Å². The largest absolute Gasteiger partial charge is 0.376 e. The number of rotatable bonds is 3. The fraction of sp³-hybridized carbons (Fsp3) is 1.00. The van der Waals surface area contributed by atoms with Crippen LogP contribution in [0.3, 0.4) is 0 Å². The van der Waals surface area contributed by atoms with E-state index < -0.39 is 0 Å². The van der Waals surface area contributed by atoms with E-state index in [4.69, 9.17) is 9.47 Å². The average molecular weight is 277 g/mol. The van der Waals surface area contributed by atoms with E-state index in [2.05, 4.69) is 29.8 Å². The highest BCUT2D eigenvalue weighted by Crippen LogP contribution is 2.47. The summed E-state index contributed by atoms with van der Waals surface area (Å²) in [6.45, 7) is 6.24. The molecule has 0 radical (unpaired) electrons. The normalized spacial score (nSPS) is 39.8. The Balaban J connectivity index is 1.70. The molecule has 1 aliphatic carbocycles. The molecule has 0 spiro atoms. The lowest BCUT2D eigenvalue weighted by Crippen LogP contribution is -2.52. The third kappa shape index (κ3) is 2.56. The molecule has 0 amide bonds. The summed E-state index contributed by atoms with van der Waals surface area (Å²) in [5.74, 6) is 0. The van der Waals surface area contributed by atoms with Gasteiger partial charge in [-0.1, -0.05) is 29.8 Å². The monoisotopic (exact) mass is 276 g/mol. The van der Waals surface area contributed by atoms with Crippen LogP contribution in [0, 0.1) is 5.41 Å². The van der Waals surface area contributed by atoms with Crippen LogP contribution in [-0.2, 0) is 9.47 Å². The molecule has 2 rings (SSSR count). The van der Waals surface area contributed by atoms with Crippen molar-refractivity contribution in [2.75, 3.05) is 13.2 Å². The first-order valence-electron chi connectivity index (χ1n) is 5.98. The van der Waals surface area contributed by atoms with Gasteiger partial charge in [0.25, 0.3) is 0 Å². The molecule has 1 aliphatic heterocycles. The van der Waals surface area contributed by atoms with Gasteiger partial charge in [0.05, 0.1) is 18.8 Å². The molecule has 2 nitrogen and oxygen atoms in total. The van der Waals surface area contributed by atoms with Crippen molar-refractivity contribution in [3.05, 3.63) is 0 Å². The molecule has 0 aromatic rings. The Labute approximate surface area is 101 Å². The van der Waals surface area contributed by atoms with Gasteiger partial charge in [-0.25, -0.2) is 0 Å². The molecule has 1 saturated heterocycles. The van der Waals surface area contributed by atoms with Crippen LogP contribution < -0.4 is 0 Å². The van der Waals surface area contributed by atoms with Crippen molar-refractivity contribution in [3.8, 4) is 0 Å². The quantitative estimate of drug-likeness (QED) is 0.738. The molecule has 0 aromatic heterocycles. The van der Waals surface area contributed by atoms with E-state index in [9.17, 15) is 0 Å². The minimum atomic E-state index is 0.286. The van der Waals surface area contributed by atoms with Gasteiger partial charge in [0.15, 0.2) is 0 Å². The maximum Gasteiger partial charge on any atom is 0.0808 e. The summed E-state index contributed by atoms with van der Waals surface area (Å²) in [6.07, 6.45) is 5.58. The Kier molecular flexibility index (Phi) is 3.74. The molecule has 2 fully saturated rings. The third-order valence-electron chi connectivity index (χ3n) is 3.82. The minimum Gasteiger partial charge on any atom is -0.376 e. The molecule has 1 saturated carbocycles. The Bertz CT molecular complexity index is 212. The molecule has 0 aromatic carbocycles. The van der Waals surface area contributed by atoms with Crippen molar-refractivity contribution in [1.29, 1.82) is 0 Å². The molecule has 3 heteroatoms. The molecule has 15 heavy (non-hydrogen) atoms. The first-order valence-corrected chi connectivity index (χ1v) is 6.89. The number of hydrogen-bond donors (Lipinski definition) is 0. The van der Waals surface area contributed by atoms with E-state index >= 15 is 0 Å². The zero-order valence-corrected chi connectivity index (χ0v) is 11.3. The van der Waals surface area contributed by atoms with Gasteiger partial charge in [0.1, 0.15) is 0 Å². The van der Waals surface area contributed by atoms with Crippen LogP contribution in [0.5, 0.6) is 0 Å². The summed E-state index contributed by atoms with van der Waals surface area (Å²) in [5, 5.41) is 0. The maximum absolute atomic E-state index is 5.95. The summed E-state index contributed by atoms with van der Waals surface area (Å²) < 4.78 is 11.6. The van der Waals surface area contributed by atoms with E-state index in [0.29, 0.717) is 17.0 Å². The summed E-state index contributed by atoms with van der Waals surface area (Å²) >= 11 is 3.68. The minimum absolute atomic E-state index is 0.286. The van der Waals surface area contributed by atoms with Gasteiger partial charge < -0.3 is 9.47 Å². The fourth-order valence-electron chi connectivity index (χ4n) is 2.28. The summed E-state index contributed by atoms with van der Waals surface area (Å²) in [4.78, 5) is 0.613. The maximum atomic E-state index is 5.95. The van der Waals surface area contributed by atoms with Crippen LogP contribution in [0.2, 0.25) is 0 Å². The number of alkyl halides is 1. The zero-order valence-electron chi connectivity index (χ0n) is 9.67. The van der Waals surface area contributed by atoms with Crippen LogP contribution in [0.15, 0.2) is 0 Å². The van der Waals surface area contributed by atoms with Crippen LogP contribution in [0.4, 0.5) is 0 Å². The van der Waals surface area contributed by atoms with E-state index in [1.165, 1.54) is 19.3 Å². The average Bonchev–Trinajstić information content (AvgIpc) is 2.25. The number of ether oxygens (including phenoxy) is 2. The highest BCUT2D eigenvalue weighted by atomic mass is 79.9. The lowest BCUT2D eigenvalue weighted by atomic mass is 9.69. The van der Waals surface area contributed by atoms with Crippen LogP contribution in [0.25, 0.3) is 0 Å². The van der Waals surface area contributed by atoms with Crippen molar-refractivity contribution in [2.45, 2.75) is 56.6 Å². The van der Waals surface area contributed by atoms with Crippen molar-refractivity contribution in [3.63, 3.8) is 0 Å². The third-order valence-corrected chi connectivity index (χ3v) is 5.37. The molecule has 1 heterocycles. The van der Waals surface area contributed by atoms with E-state index in [0.717, 1.165) is 19.6 Å². The SMILES string of the molecule is CC1(C)C(Br)CC1OCC1CCCCO1. The Morgan fingerprint density at radius 3 is 2.73 bits per heavy atom. The first-order chi connectivity index (χ1) is 7.10. The molecule has 88 valence electrons. The molecule has 2 aliphatic rings. The summed E-state index contributed by atoms with van der Waals surface area (Å²) in [6, 6.07) is 0. The van der Waals surface area contributed by atoms with Crippen LogP contribution >= 0.6 is 15.9 Å². The number of hydrogen-bond acceptors (Lipinski definition) is 2. The van der Waals surface area contributed by atoms with Gasteiger partial charge in [-0.15, -0.1) is 0 Å². The fourth-order valence-corrected chi connectivity index (χ4v) is 2.92. The number of halogens is 1. The zero-order chi connectivity index (χ0) is 10.9. The predicted molar refractivity (Wildman–Crippen MR) is 64.4 cm³/mol. The van der Waals surface area contributed by atoms with Crippen molar-refractivity contribution in [1.82, 2.24) is 0 Å². The summed E-state index contributed by atoms with van der Waals surface area (Å²) in [7, 11) is 0. The highest BCUT2D eigenvalue weighted by molar-refractivity contribution is 9.09. The standard InChI is InChI=1S/C12H21BrO2/c1-12(2)10(13)7-11(12)15-8-9-5-3-4-6-14-9/h9-11H,3-8H2,1-2H3. The lowest BCUT2D eigenvalue weighted by molar-refractivity contribution is -0.125. The molecule has 0 N–H and O–H groups in total. The molecule has 0 bridgehead atoms. The van der Waals surface area contributed by atoms with Gasteiger partial charge in [0, 0.05) is 16.8 Å². The van der Waals surface area contributed by atoms with E-state index in [1.807, 2.05) is 0 Å². The predicted octanol–water partition coefficient (Wildman–Crippen LogP) is 3.13. The second kappa shape index (κ2) is 4.72. The van der Waals surface area contributed by atoms with Gasteiger partial charge in [-0.3, -0.25) is 0 Å². The molecule has 3 unspecified atom stereocenters. The van der Waals surface area contributed by atoms with Crippen molar-refractivity contribution < 1.29 is 9.47 Å². The van der Waals surface area contributed by atoms with Gasteiger partial charge in [-0.2, -0.15) is 0 Å². The lowest BCUT2D eigenvalue weighted by Gasteiger charge is -2.49. The smallest absolute Gasteiger partial charge is 0.0808 e. The van der Waals surface area contributed by atoms with E-state index in [-0.39, 0.29) is 5.41 Å². The van der Waals surface area contributed by atoms with Gasteiger partial charge in [-0.05, 0) is 25.7 Å². The summed E-state index contributed by atoms with van der Waals surface area (Å²) in [5.41, 5.74) is 0.286. The van der Waals surface area contributed by atoms with Crippen LogP contribution in [-0.4, -0.2) is 30.2 Å². The van der Waals surface area contributed by atoms with Crippen molar-refractivity contribution >= 4 is 15.9 Å². The first kappa shape index (κ1) is 11.9. The molecule has 3 atom stereocenters. The van der Waals surface area contributed by atoms with Gasteiger partial charge in [0.2, 0.25) is 0 Å². The van der Waals surface area contributed by atoms with E-state index in [1.54, 1.807) is 0 Å². The molecular weight excluding hydrogens is 256 g/mol.